The number of ether oxygens (including phenoxy) is 3. The van der Waals surface area contributed by atoms with Crippen molar-refractivity contribution in [1.82, 2.24) is 0 Å². The molecule has 92 valence electrons. The van der Waals surface area contributed by atoms with E-state index < -0.39 is 0 Å². The maximum absolute atomic E-state index is 5.88. The van der Waals surface area contributed by atoms with Gasteiger partial charge in [0.2, 0.25) is 0 Å². The first-order chi connectivity index (χ1) is 8.34. The summed E-state index contributed by atoms with van der Waals surface area (Å²) in [6, 6.07) is 10.1. The molecule has 2 N–H and O–H groups in total. The molecule has 2 fully saturated rings. The quantitative estimate of drug-likeness (QED) is 0.837. The third-order valence-electron chi connectivity index (χ3n) is 3.35. The van der Waals surface area contributed by atoms with Gasteiger partial charge in [-0.05, 0) is 5.56 Å². The number of nitrogens with two attached hydrogens (primary N) is 1. The summed E-state index contributed by atoms with van der Waals surface area (Å²) in [5.74, 6) is 0. The van der Waals surface area contributed by atoms with E-state index in [0.29, 0.717) is 19.8 Å². The van der Waals surface area contributed by atoms with E-state index in [4.69, 9.17) is 19.9 Å². The van der Waals surface area contributed by atoms with E-state index in [1.807, 2.05) is 18.2 Å². The zero-order valence-electron chi connectivity index (χ0n) is 9.62. The SMILES string of the molecule is N[C@H]1CO[C@H]2[C@@H]1OC[C@H]2OCc1ccccc1. The fourth-order valence-electron chi connectivity index (χ4n) is 2.41. The summed E-state index contributed by atoms with van der Waals surface area (Å²) >= 11 is 0. The fourth-order valence-corrected chi connectivity index (χ4v) is 2.41. The highest BCUT2D eigenvalue weighted by Crippen LogP contribution is 2.28. The van der Waals surface area contributed by atoms with E-state index in [1.54, 1.807) is 0 Å². The van der Waals surface area contributed by atoms with Gasteiger partial charge in [-0.15, -0.1) is 0 Å². The molecule has 0 saturated carbocycles. The van der Waals surface area contributed by atoms with Crippen molar-refractivity contribution < 1.29 is 14.2 Å². The molecule has 0 unspecified atom stereocenters. The Balaban J connectivity index is 1.57. The second-order valence-electron chi connectivity index (χ2n) is 4.59. The van der Waals surface area contributed by atoms with Crippen molar-refractivity contribution in [1.29, 1.82) is 0 Å². The molecule has 1 aromatic carbocycles. The zero-order chi connectivity index (χ0) is 11.7. The van der Waals surface area contributed by atoms with E-state index in [9.17, 15) is 0 Å². The van der Waals surface area contributed by atoms with Crippen LogP contribution in [0.15, 0.2) is 30.3 Å². The van der Waals surface area contributed by atoms with E-state index in [1.165, 1.54) is 5.56 Å². The van der Waals surface area contributed by atoms with Crippen molar-refractivity contribution in [2.45, 2.75) is 31.0 Å². The minimum absolute atomic E-state index is 0.00807. The molecule has 2 heterocycles. The molecule has 0 radical (unpaired) electrons. The molecular weight excluding hydrogens is 218 g/mol. The van der Waals surface area contributed by atoms with Crippen LogP contribution >= 0.6 is 0 Å². The normalized spacial score (nSPS) is 36.1. The van der Waals surface area contributed by atoms with Crippen LogP contribution < -0.4 is 5.73 Å². The van der Waals surface area contributed by atoms with Crippen LogP contribution in [0.5, 0.6) is 0 Å². The minimum Gasteiger partial charge on any atom is -0.371 e. The second kappa shape index (κ2) is 4.74. The molecule has 0 aliphatic carbocycles. The summed E-state index contributed by atoms with van der Waals surface area (Å²) in [4.78, 5) is 0. The van der Waals surface area contributed by atoms with Crippen molar-refractivity contribution in [2.24, 2.45) is 5.73 Å². The second-order valence-corrected chi connectivity index (χ2v) is 4.59. The highest BCUT2D eigenvalue weighted by Gasteiger charge is 2.46. The maximum atomic E-state index is 5.88. The lowest BCUT2D eigenvalue weighted by Gasteiger charge is -2.16. The predicted molar refractivity (Wildman–Crippen MR) is 62.5 cm³/mol. The molecule has 2 saturated heterocycles. The Hall–Kier alpha value is -0.940. The Morgan fingerprint density at radius 3 is 2.71 bits per heavy atom. The topological polar surface area (TPSA) is 53.7 Å². The summed E-state index contributed by atoms with van der Waals surface area (Å²) < 4.78 is 17.1. The molecule has 1 aromatic rings. The van der Waals surface area contributed by atoms with Crippen LogP contribution in [0, 0.1) is 0 Å². The van der Waals surface area contributed by atoms with E-state index in [-0.39, 0.29) is 24.4 Å². The number of hydrogen-bond donors (Lipinski definition) is 1. The van der Waals surface area contributed by atoms with Crippen molar-refractivity contribution in [2.75, 3.05) is 13.2 Å². The van der Waals surface area contributed by atoms with Gasteiger partial charge in [-0.2, -0.15) is 0 Å². The molecule has 0 amide bonds. The monoisotopic (exact) mass is 235 g/mol. The first-order valence-electron chi connectivity index (χ1n) is 5.99. The van der Waals surface area contributed by atoms with Crippen LogP contribution in [0.2, 0.25) is 0 Å². The summed E-state index contributed by atoms with van der Waals surface area (Å²) in [7, 11) is 0. The molecule has 0 aromatic heterocycles. The van der Waals surface area contributed by atoms with Crippen LogP contribution in [0.25, 0.3) is 0 Å². The van der Waals surface area contributed by atoms with Gasteiger partial charge >= 0.3 is 0 Å². The number of fused-ring (bicyclic) bond motifs is 1. The minimum atomic E-state index is -0.00896. The Morgan fingerprint density at radius 1 is 1.12 bits per heavy atom. The smallest absolute Gasteiger partial charge is 0.114 e. The van der Waals surface area contributed by atoms with Gasteiger partial charge in [0.25, 0.3) is 0 Å². The number of rotatable bonds is 3. The maximum Gasteiger partial charge on any atom is 0.114 e. The molecule has 0 spiro atoms. The zero-order valence-corrected chi connectivity index (χ0v) is 9.62. The summed E-state index contributed by atoms with van der Waals surface area (Å²) in [5.41, 5.74) is 7.05. The van der Waals surface area contributed by atoms with Gasteiger partial charge in [-0.3, -0.25) is 0 Å². The molecule has 2 aliphatic rings. The fraction of sp³-hybridized carbons (Fsp3) is 0.538. The van der Waals surface area contributed by atoms with E-state index >= 15 is 0 Å². The molecule has 2 aliphatic heterocycles. The van der Waals surface area contributed by atoms with Crippen LogP contribution in [0.3, 0.4) is 0 Å². The summed E-state index contributed by atoms with van der Waals surface area (Å²) in [5, 5.41) is 0. The summed E-state index contributed by atoms with van der Waals surface area (Å²) in [6.45, 7) is 1.74. The average molecular weight is 235 g/mol. The van der Waals surface area contributed by atoms with E-state index in [0.717, 1.165) is 0 Å². The number of hydrogen-bond acceptors (Lipinski definition) is 4. The summed E-state index contributed by atoms with van der Waals surface area (Å²) in [6.07, 6.45) is 0.0261. The van der Waals surface area contributed by atoms with Crippen molar-refractivity contribution >= 4 is 0 Å². The van der Waals surface area contributed by atoms with Crippen LogP contribution in [-0.2, 0) is 20.8 Å². The Bertz CT molecular complexity index is 370. The standard InChI is InChI=1S/C13H17NO3/c14-10-7-16-13-11(8-17-12(10)13)15-6-9-4-2-1-3-5-9/h1-5,10-13H,6-8,14H2/t10-,11+,12+,13+/m0/s1. The Kier molecular flexibility index (Phi) is 3.11. The van der Waals surface area contributed by atoms with Crippen LogP contribution in [-0.4, -0.2) is 37.6 Å². The van der Waals surface area contributed by atoms with Crippen LogP contribution in [0.1, 0.15) is 5.56 Å². The predicted octanol–water partition coefficient (Wildman–Crippen LogP) is 0.697. The lowest BCUT2D eigenvalue weighted by atomic mass is 10.1. The molecule has 17 heavy (non-hydrogen) atoms. The lowest BCUT2D eigenvalue weighted by Crippen LogP contribution is -2.37. The van der Waals surface area contributed by atoms with Crippen LogP contribution in [0.4, 0.5) is 0 Å². The first-order valence-corrected chi connectivity index (χ1v) is 5.99. The average Bonchev–Trinajstić information content (AvgIpc) is 2.92. The third kappa shape index (κ3) is 2.21. The Morgan fingerprint density at radius 2 is 1.88 bits per heavy atom. The van der Waals surface area contributed by atoms with Gasteiger partial charge in [0.05, 0.1) is 25.9 Å². The number of benzene rings is 1. The van der Waals surface area contributed by atoms with Gasteiger partial charge in [0.15, 0.2) is 0 Å². The molecule has 4 nitrogen and oxygen atoms in total. The van der Waals surface area contributed by atoms with Gasteiger partial charge in [0, 0.05) is 0 Å². The highest BCUT2D eigenvalue weighted by molar-refractivity contribution is 5.13. The highest BCUT2D eigenvalue weighted by atomic mass is 16.6. The van der Waals surface area contributed by atoms with Gasteiger partial charge < -0.3 is 19.9 Å². The van der Waals surface area contributed by atoms with Gasteiger partial charge in [0.1, 0.15) is 18.3 Å². The molecule has 0 bridgehead atoms. The van der Waals surface area contributed by atoms with Crippen molar-refractivity contribution in [3.05, 3.63) is 35.9 Å². The van der Waals surface area contributed by atoms with Gasteiger partial charge in [-0.1, -0.05) is 30.3 Å². The van der Waals surface area contributed by atoms with Crippen molar-refractivity contribution in [3.8, 4) is 0 Å². The molecular formula is C13H17NO3. The van der Waals surface area contributed by atoms with E-state index in [2.05, 4.69) is 12.1 Å². The molecule has 4 heteroatoms. The lowest BCUT2D eigenvalue weighted by molar-refractivity contribution is -0.0389. The van der Waals surface area contributed by atoms with Crippen molar-refractivity contribution in [3.63, 3.8) is 0 Å². The largest absolute Gasteiger partial charge is 0.371 e. The first kappa shape index (κ1) is 11.2. The Labute approximate surface area is 101 Å². The molecule has 3 rings (SSSR count). The molecule has 4 atom stereocenters. The third-order valence-corrected chi connectivity index (χ3v) is 3.35. The van der Waals surface area contributed by atoms with Gasteiger partial charge in [-0.25, -0.2) is 0 Å².